The van der Waals surface area contributed by atoms with Gasteiger partial charge >= 0.3 is 5.97 Å². The number of thiophene rings is 1. The standard InChI is InChI=1S/C26H22N2O4S/c1-2-32-26(31)21-17-12-8-14-19(17)33-25(21)28-24(30)23(29)20-16-11-6-7-13-18(16)27-22(20)15-9-4-3-5-10-15/h3-7,9-11,13,27H,2,8,12,14H2,1H3,(H,28,30). The highest BCUT2D eigenvalue weighted by Gasteiger charge is 2.31. The predicted molar refractivity (Wildman–Crippen MR) is 129 cm³/mol. The first kappa shape index (κ1) is 21.2. The van der Waals surface area contributed by atoms with Crippen molar-refractivity contribution in [2.75, 3.05) is 11.9 Å². The van der Waals surface area contributed by atoms with Gasteiger partial charge in [0.05, 0.1) is 23.4 Å². The summed E-state index contributed by atoms with van der Waals surface area (Å²) in [5.74, 6) is -1.89. The summed E-state index contributed by atoms with van der Waals surface area (Å²) in [5, 5.41) is 3.79. The van der Waals surface area contributed by atoms with Gasteiger partial charge in [0.1, 0.15) is 5.00 Å². The molecule has 7 heteroatoms. The van der Waals surface area contributed by atoms with Crippen molar-refractivity contribution >= 4 is 44.9 Å². The molecule has 0 spiro atoms. The van der Waals surface area contributed by atoms with E-state index < -0.39 is 17.7 Å². The van der Waals surface area contributed by atoms with Crippen LogP contribution < -0.4 is 5.32 Å². The molecule has 0 fully saturated rings. The normalized spacial score (nSPS) is 12.5. The lowest BCUT2D eigenvalue weighted by atomic mass is 10.0. The number of carbonyl (C=O) groups is 3. The van der Waals surface area contributed by atoms with Crippen LogP contribution in [0, 0.1) is 0 Å². The monoisotopic (exact) mass is 458 g/mol. The van der Waals surface area contributed by atoms with Gasteiger partial charge < -0.3 is 15.0 Å². The molecule has 0 bridgehead atoms. The Balaban J connectivity index is 1.53. The number of Topliss-reactive ketones (excluding diaryl/α,β-unsaturated/α-hetero) is 1. The topological polar surface area (TPSA) is 88.3 Å². The van der Waals surface area contributed by atoms with E-state index in [-0.39, 0.29) is 6.61 Å². The molecule has 33 heavy (non-hydrogen) atoms. The number of anilines is 1. The van der Waals surface area contributed by atoms with E-state index in [0.29, 0.717) is 27.2 Å². The Morgan fingerprint density at radius 1 is 1.00 bits per heavy atom. The molecular formula is C26H22N2O4S. The van der Waals surface area contributed by atoms with Crippen LogP contribution in [-0.2, 0) is 22.4 Å². The van der Waals surface area contributed by atoms with E-state index >= 15 is 0 Å². The molecule has 0 atom stereocenters. The molecule has 0 unspecified atom stereocenters. The number of esters is 1. The van der Waals surface area contributed by atoms with Gasteiger partial charge in [0, 0.05) is 15.8 Å². The van der Waals surface area contributed by atoms with Crippen molar-refractivity contribution in [2.24, 2.45) is 0 Å². The average Bonchev–Trinajstić information content (AvgIpc) is 3.51. The number of hydrogen-bond donors (Lipinski definition) is 2. The fraction of sp³-hybridized carbons (Fsp3) is 0.192. The summed E-state index contributed by atoms with van der Waals surface area (Å²) in [4.78, 5) is 43.6. The summed E-state index contributed by atoms with van der Waals surface area (Å²) in [5.41, 5.74) is 3.81. The second-order valence-electron chi connectivity index (χ2n) is 7.85. The van der Waals surface area contributed by atoms with Gasteiger partial charge in [-0.25, -0.2) is 4.79 Å². The van der Waals surface area contributed by atoms with Crippen LogP contribution >= 0.6 is 11.3 Å². The lowest BCUT2D eigenvalue weighted by Gasteiger charge is -2.08. The third-order valence-corrected chi connectivity index (χ3v) is 7.04. The number of benzene rings is 2. The highest BCUT2D eigenvalue weighted by atomic mass is 32.1. The minimum Gasteiger partial charge on any atom is -0.462 e. The molecule has 6 nitrogen and oxygen atoms in total. The third-order valence-electron chi connectivity index (χ3n) is 5.83. The molecule has 0 aliphatic heterocycles. The van der Waals surface area contributed by atoms with Crippen LogP contribution in [0.5, 0.6) is 0 Å². The zero-order valence-electron chi connectivity index (χ0n) is 18.1. The number of carbonyl (C=O) groups excluding carboxylic acids is 3. The van der Waals surface area contributed by atoms with E-state index in [0.717, 1.165) is 40.8 Å². The number of ether oxygens (including phenoxy) is 1. The number of para-hydroxylation sites is 1. The minimum absolute atomic E-state index is 0.242. The Kier molecular flexibility index (Phi) is 5.56. The Hall–Kier alpha value is -3.71. The maximum absolute atomic E-state index is 13.5. The van der Waals surface area contributed by atoms with Crippen molar-refractivity contribution in [1.82, 2.24) is 4.98 Å². The number of amides is 1. The number of aromatic nitrogens is 1. The average molecular weight is 459 g/mol. The Morgan fingerprint density at radius 2 is 1.76 bits per heavy atom. The van der Waals surface area contributed by atoms with Crippen LogP contribution in [-0.4, -0.2) is 29.3 Å². The van der Waals surface area contributed by atoms with E-state index in [1.54, 1.807) is 6.92 Å². The Bertz CT molecular complexity index is 1380. The van der Waals surface area contributed by atoms with Crippen molar-refractivity contribution in [3.8, 4) is 11.3 Å². The maximum atomic E-state index is 13.5. The summed E-state index contributed by atoms with van der Waals surface area (Å²) in [7, 11) is 0. The van der Waals surface area contributed by atoms with Crippen molar-refractivity contribution in [1.29, 1.82) is 0 Å². The van der Waals surface area contributed by atoms with Gasteiger partial charge in [-0.05, 0) is 43.4 Å². The molecule has 5 rings (SSSR count). The van der Waals surface area contributed by atoms with Gasteiger partial charge in [-0.1, -0.05) is 48.5 Å². The summed E-state index contributed by atoms with van der Waals surface area (Å²) < 4.78 is 5.23. The van der Waals surface area contributed by atoms with Crippen molar-refractivity contribution < 1.29 is 19.1 Å². The Labute approximate surface area is 194 Å². The van der Waals surface area contributed by atoms with Crippen molar-refractivity contribution in [3.63, 3.8) is 0 Å². The smallest absolute Gasteiger partial charge is 0.341 e. The van der Waals surface area contributed by atoms with Crippen LogP contribution in [0.1, 0.15) is 44.5 Å². The molecule has 2 heterocycles. The van der Waals surface area contributed by atoms with Crippen LogP contribution in [0.4, 0.5) is 5.00 Å². The SMILES string of the molecule is CCOC(=O)c1c(NC(=O)C(=O)c2c(-c3ccccc3)[nH]c3ccccc23)sc2c1CCC2. The number of nitrogens with one attached hydrogen (secondary N) is 2. The number of rotatable bonds is 6. The molecule has 166 valence electrons. The Morgan fingerprint density at radius 3 is 2.55 bits per heavy atom. The molecule has 2 N–H and O–H groups in total. The second-order valence-corrected chi connectivity index (χ2v) is 8.96. The number of ketones is 1. The first-order valence-corrected chi connectivity index (χ1v) is 11.7. The molecule has 0 saturated carbocycles. The summed E-state index contributed by atoms with van der Waals surface area (Å²) in [6, 6.07) is 16.9. The number of H-pyrrole nitrogens is 1. The predicted octanol–water partition coefficient (Wildman–Crippen LogP) is 5.38. The first-order chi connectivity index (χ1) is 16.1. The first-order valence-electron chi connectivity index (χ1n) is 10.9. The lowest BCUT2D eigenvalue weighted by Crippen LogP contribution is -2.24. The van der Waals surface area contributed by atoms with Gasteiger partial charge in [0.25, 0.3) is 11.7 Å². The van der Waals surface area contributed by atoms with Crippen LogP contribution in [0.25, 0.3) is 22.2 Å². The molecule has 2 aromatic carbocycles. The highest BCUT2D eigenvalue weighted by Crippen LogP contribution is 2.40. The van der Waals surface area contributed by atoms with Crippen LogP contribution in [0.3, 0.4) is 0 Å². The number of fused-ring (bicyclic) bond motifs is 2. The second kappa shape index (κ2) is 8.67. The molecule has 1 aliphatic carbocycles. The number of aryl methyl sites for hydroxylation is 1. The molecule has 0 saturated heterocycles. The molecule has 1 amide bonds. The molecule has 1 aliphatic rings. The van der Waals surface area contributed by atoms with Gasteiger partial charge in [-0.15, -0.1) is 11.3 Å². The van der Waals surface area contributed by atoms with E-state index in [2.05, 4.69) is 10.3 Å². The third kappa shape index (κ3) is 3.74. The zero-order chi connectivity index (χ0) is 22.9. The van der Waals surface area contributed by atoms with E-state index in [9.17, 15) is 14.4 Å². The number of hydrogen-bond acceptors (Lipinski definition) is 5. The molecule has 2 aromatic heterocycles. The fourth-order valence-corrected chi connectivity index (χ4v) is 5.66. The van der Waals surface area contributed by atoms with Gasteiger partial charge in [-0.3, -0.25) is 9.59 Å². The van der Waals surface area contributed by atoms with Crippen molar-refractivity contribution in [2.45, 2.75) is 26.2 Å². The van der Waals surface area contributed by atoms with Gasteiger partial charge in [0.15, 0.2) is 0 Å². The van der Waals surface area contributed by atoms with E-state index in [1.807, 2.05) is 54.6 Å². The number of aromatic amines is 1. The molecule has 0 radical (unpaired) electrons. The summed E-state index contributed by atoms with van der Waals surface area (Å²) in [6.07, 6.45) is 2.59. The van der Waals surface area contributed by atoms with Crippen LogP contribution in [0.2, 0.25) is 0 Å². The zero-order valence-corrected chi connectivity index (χ0v) is 18.9. The fourth-order valence-electron chi connectivity index (χ4n) is 4.38. The minimum atomic E-state index is -0.776. The lowest BCUT2D eigenvalue weighted by molar-refractivity contribution is -0.112. The largest absolute Gasteiger partial charge is 0.462 e. The van der Waals surface area contributed by atoms with E-state index in [4.69, 9.17) is 4.74 Å². The van der Waals surface area contributed by atoms with Crippen LogP contribution in [0.15, 0.2) is 54.6 Å². The highest BCUT2D eigenvalue weighted by molar-refractivity contribution is 7.17. The summed E-state index contributed by atoms with van der Waals surface area (Å²) >= 11 is 1.36. The quantitative estimate of drug-likeness (QED) is 0.231. The van der Waals surface area contributed by atoms with E-state index in [1.165, 1.54) is 11.3 Å². The van der Waals surface area contributed by atoms with Gasteiger partial charge in [0.2, 0.25) is 0 Å². The molecule has 4 aromatic rings. The van der Waals surface area contributed by atoms with Crippen molar-refractivity contribution in [3.05, 3.63) is 76.2 Å². The molecular weight excluding hydrogens is 436 g/mol. The maximum Gasteiger partial charge on any atom is 0.341 e. The van der Waals surface area contributed by atoms with Gasteiger partial charge in [-0.2, -0.15) is 0 Å². The summed E-state index contributed by atoms with van der Waals surface area (Å²) in [6.45, 7) is 1.99.